The molecule has 2 bridgehead atoms. The van der Waals surface area contributed by atoms with Gasteiger partial charge in [-0.2, -0.15) is 4.98 Å². The molecule has 3 fully saturated rings. The Morgan fingerprint density at radius 1 is 0.932 bits per heavy atom. The van der Waals surface area contributed by atoms with Crippen LogP contribution in [-0.2, 0) is 27.6 Å². The van der Waals surface area contributed by atoms with Crippen LogP contribution in [0.2, 0.25) is 0 Å². The molecule has 0 aliphatic carbocycles. The van der Waals surface area contributed by atoms with Crippen LogP contribution < -0.4 is 22.8 Å². The fourth-order valence-electron chi connectivity index (χ4n) is 5.74. The van der Waals surface area contributed by atoms with Crippen LogP contribution in [0.3, 0.4) is 0 Å². The summed E-state index contributed by atoms with van der Waals surface area (Å²) >= 11 is 0. The van der Waals surface area contributed by atoms with Gasteiger partial charge in [0.05, 0.1) is 38.1 Å². The van der Waals surface area contributed by atoms with E-state index < -0.39 is 65.6 Å². The van der Waals surface area contributed by atoms with Crippen molar-refractivity contribution in [1.82, 2.24) is 39.0 Å². The summed E-state index contributed by atoms with van der Waals surface area (Å²) in [5.74, 6) is -0.307. The van der Waals surface area contributed by atoms with E-state index in [1.54, 1.807) is 4.57 Å². The number of hydrogen-bond donors (Lipinski definition) is 6. The minimum Gasteiger partial charge on any atom is -0.382 e. The lowest BCUT2D eigenvalue weighted by Crippen LogP contribution is -2.32. The van der Waals surface area contributed by atoms with Gasteiger partial charge in [0, 0.05) is 12.3 Å². The molecule has 236 valence electrons. The Balaban J connectivity index is 1.16. The Labute approximate surface area is 249 Å². The number of nitrogens with two attached hydrogens (primary N) is 3. The molecule has 0 saturated carbocycles. The third-order valence-electron chi connectivity index (χ3n) is 7.73. The van der Waals surface area contributed by atoms with Crippen molar-refractivity contribution in [3.8, 4) is 0 Å². The average molecular weight is 653 g/mol. The number of nitrogens with zero attached hydrogens (tertiary/aromatic N) is 7. The van der Waals surface area contributed by atoms with Crippen molar-refractivity contribution in [3.63, 3.8) is 0 Å². The Morgan fingerprint density at radius 3 is 2.50 bits per heavy atom. The number of hydrogen-bond acceptors (Lipinski definition) is 17. The average Bonchev–Trinajstić information content (AvgIpc) is 3.76. The molecule has 7 heterocycles. The quantitative estimate of drug-likeness (QED) is 0.152. The van der Waals surface area contributed by atoms with E-state index in [-0.39, 0.29) is 49.1 Å². The summed E-state index contributed by atoms with van der Waals surface area (Å²) in [7, 11) is -4.89. The number of ether oxygens (including phenoxy) is 2. The first-order chi connectivity index (χ1) is 21.3. The number of fused-ring (bicyclic) bond motifs is 5. The summed E-state index contributed by atoms with van der Waals surface area (Å²) < 4.78 is 39.2. The van der Waals surface area contributed by atoms with E-state index in [4.69, 9.17) is 44.8 Å². The molecule has 20 nitrogen and oxygen atoms in total. The smallest absolute Gasteiger partial charge is 0.330 e. The van der Waals surface area contributed by atoms with Gasteiger partial charge in [-0.05, 0) is 13.0 Å². The highest BCUT2D eigenvalue weighted by molar-refractivity contribution is 7.40. The van der Waals surface area contributed by atoms with Crippen molar-refractivity contribution in [3.05, 3.63) is 29.3 Å². The molecule has 3 aliphatic heterocycles. The van der Waals surface area contributed by atoms with Crippen LogP contribution in [0.15, 0.2) is 23.8 Å². The highest BCUT2D eigenvalue weighted by Crippen LogP contribution is 2.50. The molecule has 44 heavy (non-hydrogen) atoms. The monoisotopic (exact) mass is 653 g/mol. The van der Waals surface area contributed by atoms with E-state index in [9.17, 15) is 14.6 Å². The number of nitrogens with one attached hydrogen (secondary N) is 1. The Morgan fingerprint density at radius 2 is 1.68 bits per heavy atom. The first-order valence-electron chi connectivity index (χ1n) is 13.5. The van der Waals surface area contributed by atoms with Crippen molar-refractivity contribution < 1.29 is 37.4 Å². The molecule has 0 aromatic carbocycles. The molecule has 0 spiro atoms. The van der Waals surface area contributed by atoms with Crippen LogP contribution in [0.1, 0.15) is 25.3 Å². The maximum atomic E-state index is 12.4. The van der Waals surface area contributed by atoms with Crippen molar-refractivity contribution in [2.45, 2.75) is 49.7 Å². The SMILES string of the molecule is NCCC1C2COP(O)OC3CC(n4cnc5c(N)ncnc54)OC3COP(O)OC1C(n1cnc3c(=O)[nH]c(N)nc31)O2. The lowest BCUT2D eigenvalue weighted by Gasteiger charge is -2.26. The van der Waals surface area contributed by atoms with Crippen molar-refractivity contribution in [2.75, 3.05) is 31.2 Å². The second-order valence-electron chi connectivity index (χ2n) is 10.3. The van der Waals surface area contributed by atoms with Crippen molar-refractivity contribution >= 4 is 51.3 Å². The van der Waals surface area contributed by atoms with E-state index >= 15 is 0 Å². The molecule has 7 rings (SSSR count). The van der Waals surface area contributed by atoms with Crippen LogP contribution in [0.4, 0.5) is 11.8 Å². The van der Waals surface area contributed by atoms with Crippen molar-refractivity contribution in [2.24, 2.45) is 11.7 Å². The van der Waals surface area contributed by atoms with E-state index in [1.807, 2.05) is 0 Å². The second-order valence-corrected chi connectivity index (χ2v) is 12.2. The van der Waals surface area contributed by atoms with Crippen LogP contribution in [0.25, 0.3) is 22.3 Å². The zero-order chi connectivity index (χ0) is 30.5. The van der Waals surface area contributed by atoms with Crippen LogP contribution in [-0.4, -0.2) is 93.0 Å². The molecule has 3 saturated heterocycles. The number of aromatic nitrogens is 8. The first-order valence-corrected chi connectivity index (χ1v) is 15.8. The lowest BCUT2D eigenvalue weighted by atomic mass is 9.94. The number of anilines is 2. The summed E-state index contributed by atoms with van der Waals surface area (Å²) in [5.41, 5.74) is 18.2. The zero-order valence-corrected chi connectivity index (χ0v) is 24.6. The molecular weight excluding hydrogens is 624 g/mol. The van der Waals surface area contributed by atoms with Gasteiger partial charge in [-0.3, -0.25) is 18.9 Å². The summed E-state index contributed by atoms with van der Waals surface area (Å²) in [5, 5.41) is 0. The zero-order valence-electron chi connectivity index (χ0n) is 22.8. The normalized spacial score (nSPS) is 33.2. The largest absolute Gasteiger partial charge is 0.382 e. The van der Waals surface area contributed by atoms with Gasteiger partial charge in [-0.15, -0.1) is 0 Å². The molecular formula is C22H29N11O9P2. The molecule has 22 heteroatoms. The van der Waals surface area contributed by atoms with Gasteiger partial charge in [0.1, 0.15) is 30.3 Å². The second kappa shape index (κ2) is 12.1. The van der Waals surface area contributed by atoms with E-state index in [0.717, 1.165) is 0 Å². The number of imidazole rings is 2. The Kier molecular flexibility index (Phi) is 8.15. The molecule has 0 radical (unpaired) electrons. The number of rotatable bonds is 4. The van der Waals surface area contributed by atoms with E-state index in [1.165, 1.54) is 23.5 Å². The minimum absolute atomic E-state index is 0.0413. The molecule has 3 aliphatic rings. The molecule has 4 aromatic rings. The fraction of sp³-hybridized carbons (Fsp3) is 0.545. The summed E-state index contributed by atoms with van der Waals surface area (Å²) in [6, 6.07) is 0. The Hall–Kier alpha value is -3.00. The first kappa shape index (κ1) is 29.7. The van der Waals surface area contributed by atoms with Gasteiger partial charge in [-0.1, -0.05) is 0 Å². The molecule has 0 amide bonds. The van der Waals surface area contributed by atoms with Gasteiger partial charge in [0.2, 0.25) is 5.95 Å². The topological polar surface area (TPSA) is 281 Å². The molecule has 9 N–H and O–H groups in total. The van der Waals surface area contributed by atoms with E-state index in [2.05, 4.69) is 29.9 Å². The number of nitrogen functional groups attached to an aromatic ring is 2. The van der Waals surface area contributed by atoms with Gasteiger partial charge in [0.15, 0.2) is 28.9 Å². The predicted octanol–water partition coefficient (Wildman–Crippen LogP) is -0.471. The third kappa shape index (κ3) is 5.41. The number of aromatic amines is 1. The van der Waals surface area contributed by atoms with Gasteiger partial charge in [-0.25, -0.2) is 19.9 Å². The minimum atomic E-state index is -2.49. The maximum absolute atomic E-state index is 12.4. The lowest BCUT2D eigenvalue weighted by molar-refractivity contribution is -0.0589. The van der Waals surface area contributed by atoms with Gasteiger partial charge in [0.25, 0.3) is 5.56 Å². The maximum Gasteiger partial charge on any atom is 0.330 e. The van der Waals surface area contributed by atoms with Gasteiger partial charge < -0.3 is 54.6 Å². The predicted molar refractivity (Wildman–Crippen MR) is 152 cm³/mol. The van der Waals surface area contributed by atoms with Crippen LogP contribution in [0.5, 0.6) is 0 Å². The fourth-order valence-corrected chi connectivity index (χ4v) is 7.33. The molecule has 9 atom stereocenters. The summed E-state index contributed by atoms with van der Waals surface area (Å²) in [6.07, 6.45) is 0.447. The standard InChI is InChI=1S/C22H29N11O9P2/c23-2-1-9-11-4-37-43(35)41-10-3-13(32-7-28-14-17(24)26-6-27-18(14)32)39-12(10)5-38-44(36)42-16(9)21(40-11)33-8-29-15-19(33)30-22(25)31-20(15)34/h6-13,16,21,35-36H,1-5,23H2,(H2,24,26,27)(H3,25,30,31,34). The molecule has 4 aromatic heterocycles. The number of H-pyrrole nitrogens is 1. The van der Waals surface area contributed by atoms with Gasteiger partial charge >= 0.3 is 17.2 Å². The third-order valence-corrected chi connectivity index (χ3v) is 9.35. The van der Waals surface area contributed by atoms with Crippen LogP contribution >= 0.6 is 17.2 Å². The van der Waals surface area contributed by atoms with E-state index in [0.29, 0.717) is 17.6 Å². The highest BCUT2D eigenvalue weighted by atomic mass is 31.2. The molecule has 9 unspecified atom stereocenters. The summed E-state index contributed by atoms with van der Waals surface area (Å²) in [4.78, 5) is 57.5. The van der Waals surface area contributed by atoms with Crippen LogP contribution in [0, 0.1) is 5.92 Å². The highest BCUT2D eigenvalue weighted by Gasteiger charge is 2.49. The Bertz CT molecular complexity index is 1710. The summed E-state index contributed by atoms with van der Waals surface area (Å²) in [6.45, 7) is 0.0152. The van der Waals surface area contributed by atoms with Crippen molar-refractivity contribution in [1.29, 1.82) is 0 Å².